The molecule has 0 fully saturated rings. The summed E-state index contributed by atoms with van der Waals surface area (Å²) < 4.78 is 0. The quantitative estimate of drug-likeness (QED) is 0.710. The fraction of sp³-hybridized carbons (Fsp3) is 0.100. The maximum absolute atomic E-state index is 11.3. The normalized spacial score (nSPS) is 9.50. The maximum atomic E-state index is 11.3. The van der Waals surface area contributed by atoms with E-state index in [-0.39, 0.29) is 12.5 Å². The molecule has 0 aliphatic carbocycles. The fourth-order valence-corrected chi connectivity index (χ4v) is 0.926. The van der Waals surface area contributed by atoms with E-state index in [1.807, 2.05) is 0 Å². The van der Waals surface area contributed by atoms with Crippen molar-refractivity contribution in [3.05, 3.63) is 42.3 Å². The zero-order valence-corrected chi connectivity index (χ0v) is 7.62. The van der Waals surface area contributed by atoms with Crippen LogP contribution in [0.5, 0.6) is 0 Å². The van der Waals surface area contributed by atoms with Crippen LogP contribution in [-0.2, 0) is 4.79 Å². The van der Waals surface area contributed by atoms with Gasteiger partial charge >= 0.3 is 0 Å². The second kappa shape index (κ2) is 4.41. The van der Waals surface area contributed by atoms with Gasteiger partial charge in [0, 0.05) is 5.56 Å². The molecule has 1 rings (SSSR count). The molecule has 14 heavy (non-hydrogen) atoms. The molecule has 2 amide bonds. The Hall–Kier alpha value is -1.84. The molecular formula is C10H11N2O2. The first kappa shape index (κ1) is 10.2. The van der Waals surface area contributed by atoms with E-state index in [9.17, 15) is 9.59 Å². The second-order valence-corrected chi connectivity index (χ2v) is 2.85. The molecule has 0 aliphatic rings. The molecule has 1 radical (unpaired) electrons. The van der Waals surface area contributed by atoms with E-state index in [0.717, 1.165) is 5.56 Å². The van der Waals surface area contributed by atoms with Crippen LogP contribution in [0.2, 0.25) is 0 Å². The van der Waals surface area contributed by atoms with Crippen LogP contribution in [0, 0.1) is 6.92 Å². The average Bonchev–Trinajstić information content (AvgIpc) is 2.15. The highest BCUT2D eigenvalue weighted by Gasteiger charge is 2.04. The van der Waals surface area contributed by atoms with Crippen molar-refractivity contribution in [3.8, 4) is 0 Å². The highest BCUT2D eigenvalue weighted by atomic mass is 16.2. The predicted molar refractivity (Wildman–Crippen MR) is 52.4 cm³/mol. The van der Waals surface area contributed by atoms with E-state index < -0.39 is 5.91 Å². The molecule has 1 aromatic rings. The molecule has 73 valence electrons. The minimum Gasteiger partial charge on any atom is -0.368 e. The van der Waals surface area contributed by atoms with E-state index >= 15 is 0 Å². The SMILES string of the molecule is [CH2]c1ccc(C(=O)NCC(N)=O)cc1. The summed E-state index contributed by atoms with van der Waals surface area (Å²) in [6.07, 6.45) is 0. The van der Waals surface area contributed by atoms with Crippen molar-refractivity contribution in [3.63, 3.8) is 0 Å². The summed E-state index contributed by atoms with van der Waals surface area (Å²) in [5, 5.41) is 2.38. The largest absolute Gasteiger partial charge is 0.368 e. The molecular weight excluding hydrogens is 180 g/mol. The molecule has 0 heterocycles. The van der Waals surface area contributed by atoms with Gasteiger partial charge in [-0.15, -0.1) is 0 Å². The first-order valence-corrected chi connectivity index (χ1v) is 4.08. The molecule has 3 N–H and O–H groups in total. The molecule has 0 atom stereocenters. The van der Waals surface area contributed by atoms with Gasteiger partial charge in [0.25, 0.3) is 5.91 Å². The highest BCUT2D eigenvalue weighted by Crippen LogP contribution is 2.02. The van der Waals surface area contributed by atoms with E-state index in [4.69, 9.17) is 5.73 Å². The summed E-state index contributed by atoms with van der Waals surface area (Å²) in [5.41, 5.74) is 6.19. The van der Waals surface area contributed by atoms with Gasteiger partial charge < -0.3 is 11.1 Å². The predicted octanol–water partition coefficient (Wildman–Crippen LogP) is 0.0839. The summed E-state index contributed by atoms with van der Waals surface area (Å²) in [6, 6.07) is 6.72. The number of carbonyl (C=O) groups is 2. The lowest BCUT2D eigenvalue weighted by Crippen LogP contribution is -2.33. The number of hydrogen-bond donors (Lipinski definition) is 2. The topological polar surface area (TPSA) is 72.2 Å². The van der Waals surface area contributed by atoms with Crippen LogP contribution in [-0.4, -0.2) is 18.4 Å². The van der Waals surface area contributed by atoms with Crippen molar-refractivity contribution in [2.45, 2.75) is 0 Å². The molecule has 0 bridgehead atoms. The molecule has 0 saturated heterocycles. The maximum Gasteiger partial charge on any atom is 0.251 e. The van der Waals surface area contributed by atoms with Crippen molar-refractivity contribution >= 4 is 11.8 Å². The van der Waals surface area contributed by atoms with Crippen molar-refractivity contribution in [2.75, 3.05) is 6.54 Å². The number of benzene rings is 1. The third kappa shape index (κ3) is 2.90. The van der Waals surface area contributed by atoms with Gasteiger partial charge in [0.05, 0.1) is 6.54 Å². The monoisotopic (exact) mass is 191 g/mol. The summed E-state index contributed by atoms with van der Waals surface area (Å²) in [7, 11) is 0. The molecule has 0 saturated carbocycles. The third-order valence-corrected chi connectivity index (χ3v) is 1.64. The number of carbonyl (C=O) groups excluding carboxylic acids is 2. The van der Waals surface area contributed by atoms with Gasteiger partial charge in [-0.05, 0) is 24.6 Å². The summed E-state index contributed by atoms with van der Waals surface area (Å²) in [5.74, 6) is -0.879. The van der Waals surface area contributed by atoms with Crippen LogP contribution in [0.25, 0.3) is 0 Å². The minimum atomic E-state index is -0.563. The number of primary amides is 1. The standard InChI is InChI=1S/C10H11N2O2/c1-7-2-4-8(5-3-7)10(14)12-6-9(11)13/h2-5H,1,6H2,(H2,11,13)(H,12,14). The van der Waals surface area contributed by atoms with Crippen LogP contribution >= 0.6 is 0 Å². The molecule has 0 aliphatic heterocycles. The van der Waals surface area contributed by atoms with Gasteiger partial charge in [-0.25, -0.2) is 0 Å². The van der Waals surface area contributed by atoms with Crippen molar-refractivity contribution in [1.29, 1.82) is 0 Å². The van der Waals surface area contributed by atoms with E-state index in [1.54, 1.807) is 24.3 Å². The molecule has 4 nitrogen and oxygen atoms in total. The lowest BCUT2D eigenvalue weighted by molar-refractivity contribution is -0.117. The van der Waals surface area contributed by atoms with Crippen LogP contribution in [0.4, 0.5) is 0 Å². The first-order chi connectivity index (χ1) is 6.59. The second-order valence-electron chi connectivity index (χ2n) is 2.85. The number of nitrogens with two attached hydrogens (primary N) is 1. The van der Waals surface area contributed by atoms with Gasteiger partial charge in [0.15, 0.2) is 0 Å². The fourth-order valence-electron chi connectivity index (χ4n) is 0.926. The Bertz CT molecular complexity index is 344. The van der Waals surface area contributed by atoms with Gasteiger partial charge in [0.1, 0.15) is 0 Å². The summed E-state index contributed by atoms with van der Waals surface area (Å²) in [4.78, 5) is 21.7. The van der Waals surface area contributed by atoms with E-state index in [0.29, 0.717) is 5.56 Å². The van der Waals surface area contributed by atoms with Crippen molar-refractivity contribution < 1.29 is 9.59 Å². The molecule has 1 aromatic carbocycles. The van der Waals surface area contributed by atoms with Crippen LogP contribution < -0.4 is 11.1 Å². The average molecular weight is 191 g/mol. The van der Waals surface area contributed by atoms with Crippen molar-refractivity contribution in [1.82, 2.24) is 5.32 Å². The van der Waals surface area contributed by atoms with Crippen LogP contribution in [0.15, 0.2) is 24.3 Å². The van der Waals surface area contributed by atoms with Crippen LogP contribution in [0.1, 0.15) is 15.9 Å². The zero-order chi connectivity index (χ0) is 10.6. The van der Waals surface area contributed by atoms with Crippen molar-refractivity contribution in [2.24, 2.45) is 5.73 Å². The lowest BCUT2D eigenvalue weighted by Gasteiger charge is -2.02. The smallest absolute Gasteiger partial charge is 0.251 e. The number of rotatable bonds is 3. The number of nitrogens with one attached hydrogen (secondary N) is 1. The Morgan fingerprint density at radius 3 is 2.36 bits per heavy atom. The Morgan fingerprint density at radius 1 is 1.29 bits per heavy atom. The lowest BCUT2D eigenvalue weighted by atomic mass is 10.1. The first-order valence-electron chi connectivity index (χ1n) is 4.08. The zero-order valence-electron chi connectivity index (χ0n) is 7.62. The Labute approximate surface area is 82.1 Å². The Kier molecular flexibility index (Phi) is 3.23. The molecule has 4 heteroatoms. The summed E-state index contributed by atoms with van der Waals surface area (Å²) in [6.45, 7) is 3.54. The molecule has 0 unspecified atom stereocenters. The van der Waals surface area contributed by atoms with Gasteiger partial charge in [0.2, 0.25) is 5.91 Å². The van der Waals surface area contributed by atoms with Gasteiger partial charge in [-0.2, -0.15) is 0 Å². The third-order valence-electron chi connectivity index (χ3n) is 1.64. The Morgan fingerprint density at radius 2 is 1.86 bits per heavy atom. The van der Waals surface area contributed by atoms with E-state index in [2.05, 4.69) is 12.2 Å². The number of amides is 2. The van der Waals surface area contributed by atoms with Gasteiger partial charge in [-0.1, -0.05) is 12.1 Å². The highest BCUT2D eigenvalue weighted by molar-refractivity contribution is 5.96. The number of hydrogen-bond acceptors (Lipinski definition) is 2. The minimum absolute atomic E-state index is 0.148. The molecule has 0 spiro atoms. The molecule has 0 aromatic heterocycles. The van der Waals surface area contributed by atoms with Gasteiger partial charge in [-0.3, -0.25) is 9.59 Å². The van der Waals surface area contributed by atoms with Crippen LogP contribution in [0.3, 0.4) is 0 Å². The summed E-state index contributed by atoms with van der Waals surface area (Å²) >= 11 is 0. The Balaban J connectivity index is 2.61. The van der Waals surface area contributed by atoms with E-state index in [1.165, 1.54) is 0 Å².